The van der Waals surface area contributed by atoms with Crippen molar-refractivity contribution >= 4 is 32.0 Å². The normalized spacial score (nSPS) is 11.7. The van der Waals surface area contributed by atoms with Crippen LogP contribution in [0.4, 0.5) is 0 Å². The number of ether oxygens (including phenoxy) is 1. The lowest BCUT2D eigenvalue weighted by Crippen LogP contribution is -2.13. The van der Waals surface area contributed by atoms with Crippen LogP contribution in [0.2, 0.25) is 0 Å². The van der Waals surface area contributed by atoms with E-state index < -0.39 is 10.0 Å². The van der Waals surface area contributed by atoms with Gasteiger partial charge in [0.05, 0.1) is 23.2 Å². The van der Waals surface area contributed by atoms with Crippen LogP contribution in [0.25, 0.3) is 44.3 Å². The third-order valence-electron chi connectivity index (χ3n) is 6.63. The summed E-state index contributed by atoms with van der Waals surface area (Å²) in [6.45, 7) is 2.03. The average molecular weight is 505 g/mol. The first-order valence-electron chi connectivity index (χ1n) is 11.9. The number of methoxy groups -OCH3 is 1. The quantitative estimate of drug-likeness (QED) is 0.252. The predicted molar refractivity (Wildman–Crippen MR) is 148 cm³/mol. The summed E-state index contributed by atoms with van der Waals surface area (Å²) in [6, 6.07) is 34.1. The van der Waals surface area contributed by atoms with Gasteiger partial charge in [-0.25, -0.2) is 17.4 Å². The van der Waals surface area contributed by atoms with Crippen LogP contribution < -0.4 is 4.74 Å². The van der Waals surface area contributed by atoms with E-state index in [0.717, 1.165) is 44.5 Å². The van der Waals surface area contributed by atoms with Gasteiger partial charge in [-0.05, 0) is 66.6 Å². The second kappa shape index (κ2) is 8.91. The second-order valence-electron chi connectivity index (χ2n) is 8.98. The Morgan fingerprint density at radius 1 is 0.703 bits per heavy atom. The Labute approximate surface area is 215 Å². The molecule has 2 aromatic heterocycles. The topological polar surface area (TPSA) is 61.2 Å². The van der Waals surface area contributed by atoms with Crippen molar-refractivity contribution in [3.8, 4) is 28.1 Å². The van der Waals surface area contributed by atoms with Gasteiger partial charge in [-0.2, -0.15) is 0 Å². The van der Waals surface area contributed by atoms with Crippen molar-refractivity contribution in [2.75, 3.05) is 7.11 Å². The minimum Gasteiger partial charge on any atom is -0.497 e. The number of aromatic nitrogens is 2. The van der Waals surface area contributed by atoms with E-state index in [2.05, 4.69) is 0 Å². The van der Waals surface area contributed by atoms with Gasteiger partial charge in [0.1, 0.15) is 5.75 Å². The number of nitrogens with zero attached hydrogens (tertiary/aromatic N) is 2. The molecule has 6 aromatic rings. The van der Waals surface area contributed by atoms with E-state index in [4.69, 9.17) is 9.72 Å². The summed E-state index contributed by atoms with van der Waals surface area (Å²) in [5, 5.41) is 1.60. The van der Waals surface area contributed by atoms with Crippen LogP contribution in [0.15, 0.2) is 114 Å². The average Bonchev–Trinajstić information content (AvgIpc) is 3.27. The predicted octanol–water partition coefficient (Wildman–Crippen LogP) is 7.08. The highest BCUT2D eigenvalue weighted by Gasteiger charge is 2.25. The maximum Gasteiger partial charge on any atom is 0.269 e. The van der Waals surface area contributed by atoms with Gasteiger partial charge in [-0.15, -0.1) is 0 Å². The van der Waals surface area contributed by atoms with Crippen LogP contribution in [0, 0.1) is 6.92 Å². The molecule has 4 aromatic carbocycles. The fourth-order valence-corrected chi connectivity index (χ4v) is 6.14. The van der Waals surface area contributed by atoms with Gasteiger partial charge in [-0.3, -0.25) is 0 Å². The van der Waals surface area contributed by atoms with Crippen LogP contribution in [-0.4, -0.2) is 24.5 Å². The van der Waals surface area contributed by atoms with E-state index in [1.807, 2.05) is 85.8 Å². The van der Waals surface area contributed by atoms with Crippen molar-refractivity contribution in [2.24, 2.45) is 0 Å². The van der Waals surface area contributed by atoms with E-state index in [-0.39, 0.29) is 4.90 Å². The van der Waals surface area contributed by atoms with E-state index in [1.54, 1.807) is 37.4 Å². The van der Waals surface area contributed by atoms with Crippen molar-refractivity contribution < 1.29 is 13.2 Å². The summed E-state index contributed by atoms with van der Waals surface area (Å²) in [7, 11) is -2.26. The zero-order chi connectivity index (χ0) is 25.6. The van der Waals surface area contributed by atoms with E-state index in [9.17, 15) is 8.42 Å². The van der Waals surface area contributed by atoms with Crippen LogP contribution in [0.3, 0.4) is 0 Å². The largest absolute Gasteiger partial charge is 0.497 e. The molecule has 6 heteroatoms. The van der Waals surface area contributed by atoms with E-state index in [0.29, 0.717) is 11.2 Å². The summed E-state index contributed by atoms with van der Waals surface area (Å²) < 4.78 is 34.6. The van der Waals surface area contributed by atoms with Gasteiger partial charge in [0.2, 0.25) is 0 Å². The van der Waals surface area contributed by atoms with Gasteiger partial charge in [-0.1, -0.05) is 66.2 Å². The summed E-state index contributed by atoms with van der Waals surface area (Å²) in [5.41, 5.74) is 5.79. The monoisotopic (exact) mass is 504 g/mol. The highest BCUT2D eigenvalue weighted by Crippen LogP contribution is 2.36. The first-order chi connectivity index (χ1) is 18.0. The number of pyridine rings is 1. The number of hydrogen-bond donors (Lipinski definition) is 0. The molecule has 182 valence electrons. The third kappa shape index (κ3) is 3.96. The van der Waals surface area contributed by atoms with Crippen molar-refractivity contribution in [3.05, 3.63) is 115 Å². The summed E-state index contributed by atoms with van der Waals surface area (Å²) >= 11 is 0. The fourth-order valence-electron chi connectivity index (χ4n) is 4.65. The summed E-state index contributed by atoms with van der Waals surface area (Å²) in [5.74, 6) is 0.781. The van der Waals surface area contributed by atoms with Gasteiger partial charge in [0.15, 0.2) is 5.65 Å². The maximum absolute atomic E-state index is 13.9. The zero-order valence-electron chi connectivity index (χ0n) is 20.4. The Bertz CT molecular complexity index is 1860. The molecule has 0 atom stereocenters. The molecule has 37 heavy (non-hydrogen) atoms. The van der Waals surface area contributed by atoms with Crippen LogP contribution in [0.5, 0.6) is 5.75 Å². The lowest BCUT2D eigenvalue weighted by Gasteiger charge is -2.10. The molecule has 0 unspecified atom stereocenters. The van der Waals surface area contributed by atoms with Crippen molar-refractivity contribution in [1.29, 1.82) is 0 Å². The molecule has 5 nitrogen and oxygen atoms in total. The van der Waals surface area contributed by atoms with Gasteiger partial charge >= 0.3 is 0 Å². The van der Waals surface area contributed by atoms with Crippen LogP contribution in [-0.2, 0) is 10.0 Å². The van der Waals surface area contributed by atoms with Gasteiger partial charge < -0.3 is 4.74 Å². The first-order valence-corrected chi connectivity index (χ1v) is 13.4. The van der Waals surface area contributed by atoms with E-state index in [1.165, 1.54) is 3.97 Å². The molecular weight excluding hydrogens is 480 g/mol. The Morgan fingerprint density at radius 3 is 2.08 bits per heavy atom. The molecule has 0 fully saturated rings. The summed E-state index contributed by atoms with van der Waals surface area (Å²) in [4.78, 5) is 5.11. The van der Waals surface area contributed by atoms with Crippen LogP contribution in [0.1, 0.15) is 5.56 Å². The van der Waals surface area contributed by atoms with Crippen LogP contribution >= 0.6 is 0 Å². The molecule has 0 amide bonds. The number of benzene rings is 4. The Balaban J connectivity index is 1.63. The standard InChI is InChI=1S/C31H24N2O3S/c1-21-8-10-23(11-9-21)29-18-17-27-28-20-24(22-12-15-25(36-2)16-13-22)14-19-30(28)33(31(27)32-29)37(34,35)26-6-4-3-5-7-26/h3-20H,1-2H3. The molecular formula is C31H24N2O3S. The molecule has 0 saturated carbocycles. The lowest BCUT2D eigenvalue weighted by atomic mass is 10.0. The summed E-state index contributed by atoms with van der Waals surface area (Å²) in [6.07, 6.45) is 0. The highest BCUT2D eigenvalue weighted by atomic mass is 32.2. The van der Waals surface area contributed by atoms with Gasteiger partial charge in [0, 0.05) is 16.3 Å². The van der Waals surface area contributed by atoms with Crippen molar-refractivity contribution in [1.82, 2.24) is 8.96 Å². The highest BCUT2D eigenvalue weighted by molar-refractivity contribution is 7.90. The van der Waals surface area contributed by atoms with E-state index >= 15 is 0 Å². The number of hydrogen-bond acceptors (Lipinski definition) is 4. The third-order valence-corrected chi connectivity index (χ3v) is 8.34. The number of fused-ring (bicyclic) bond motifs is 3. The molecule has 2 heterocycles. The number of aryl methyl sites for hydroxylation is 1. The molecule has 0 radical (unpaired) electrons. The minimum atomic E-state index is -3.90. The minimum absolute atomic E-state index is 0.218. The Kier molecular flexibility index (Phi) is 5.54. The Hall–Kier alpha value is -4.42. The molecule has 0 N–H and O–H groups in total. The van der Waals surface area contributed by atoms with Gasteiger partial charge in [0.25, 0.3) is 10.0 Å². The molecule has 0 bridgehead atoms. The lowest BCUT2D eigenvalue weighted by molar-refractivity contribution is 0.415. The fraction of sp³-hybridized carbons (Fsp3) is 0.0645. The second-order valence-corrected chi connectivity index (χ2v) is 10.8. The zero-order valence-corrected chi connectivity index (χ0v) is 21.2. The molecule has 0 aliphatic carbocycles. The molecule has 0 spiro atoms. The SMILES string of the molecule is COc1ccc(-c2ccc3c(c2)c2ccc(-c4ccc(C)cc4)nc2n3S(=O)(=O)c2ccccc2)cc1. The number of rotatable bonds is 5. The Morgan fingerprint density at radius 2 is 1.38 bits per heavy atom. The molecule has 0 aliphatic heterocycles. The maximum atomic E-state index is 13.9. The molecule has 6 rings (SSSR count). The van der Waals surface area contributed by atoms with Crippen molar-refractivity contribution in [2.45, 2.75) is 11.8 Å². The first kappa shape index (κ1) is 23.0. The van der Waals surface area contributed by atoms with Crippen molar-refractivity contribution in [3.63, 3.8) is 0 Å². The molecule has 0 saturated heterocycles. The smallest absolute Gasteiger partial charge is 0.269 e. The molecule has 0 aliphatic rings.